The molecular formula is C19H18N2O2S. The van der Waals surface area contributed by atoms with E-state index in [1.54, 1.807) is 41.6 Å². The highest BCUT2D eigenvalue weighted by Crippen LogP contribution is 2.25. The molecule has 0 unspecified atom stereocenters. The van der Waals surface area contributed by atoms with Crippen LogP contribution in [0.5, 0.6) is 11.5 Å². The molecule has 0 saturated heterocycles. The van der Waals surface area contributed by atoms with Crippen molar-refractivity contribution in [2.75, 3.05) is 7.05 Å². The zero-order chi connectivity index (χ0) is 16.9. The molecule has 0 saturated carbocycles. The van der Waals surface area contributed by atoms with Crippen molar-refractivity contribution in [2.24, 2.45) is 0 Å². The molecule has 1 atom stereocenters. The zero-order valence-electron chi connectivity index (χ0n) is 13.5. The molecule has 0 spiro atoms. The van der Waals surface area contributed by atoms with Crippen molar-refractivity contribution in [3.05, 3.63) is 76.7 Å². The lowest BCUT2D eigenvalue weighted by atomic mass is 10.1. The fourth-order valence-electron chi connectivity index (χ4n) is 2.30. The molecule has 2 aromatic carbocycles. The summed E-state index contributed by atoms with van der Waals surface area (Å²) in [5.41, 5.74) is 0.592. The SMILES string of the molecule is C[C@@H](c1nccs1)N(C)C(=O)c1cccc(Oc2ccccc2)c1. The third kappa shape index (κ3) is 3.63. The summed E-state index contributed by atoms with van der Waals surface area (Å²) in [5.74, 6) is 1.32. The average molecular weight is 338 g/mol. The summed E-state index contributed by atoms with van der Waals surface area (Å²) < 4.78 is 5.80. The van der Waals surface area contributed by atoms with Gasteiger partial charge in [0, 0.05) is 24.2 Å². The number of carbonyl (C=O) groups is 1. The lowest BCUT2D eigenvalue weighted by Crippen LogP contribution is -2.29. The number of amides is 1. The topological polar surface area (TPSA) is 42.4 Å². The fraction of sp³-hybridized carbons (Fsp3) is 0.158. The smallest absolute Gasteiger partial charge is 0.254 e. The molecule has 1 amide bonds. The quantitative estimate of drug-likeness (QED) is 0.673. The molecule has 0 bridgehead atoms. The van der Waals surface area contributed by atoms with Gasteiger partial charge in [0.15, 0.2) is 0 Å². The molecule has 122 valence electrons. The lowest BCUT2D eigenvalue weighted by molar-refractivity contribution is 0.0742. The van der Waals surface area contributed by atoms with Gasteiger partial charge in [0.25, 0.3) is 5.91 Å². The lowest BCUT2D eigenvalue weighted by Gasteiger charge is -2.23. The summed E-state index contributed by atoms with van der Waals surface area (Å²) in [6.45, 7) is 1.97. The summed E-state index contributed by atoms with van der Waals surface area (Å²) in [6, 6.07) is 16.7. The summed E-state index contributed by atoms with van der Waals surface area (Å²) in [6.07, 6.45) is 1.75. The first-order chi connectivity index (χ1) is 11.6. The Balaban J connectivity index is 1.76. The van der Waals surface area contributed by atoms with E-state index in [1.807, 2.05) is 54.8 Å². The molecule has 5 heteroatoms. The van der Waals surface area contributed by atoms with Gasteiger partial charge in [-0.05, 0) is 37.3 Å². The molecular weight excluding hydrogens is 320 g/mol. The number of nitrogens with zero attached hydrogens (tertiary/aromatic N) is 2. The van der Waals surface area contributed by atoms with Crippen molar-refractivity contribution >= 4 is 17.2 Å². The number of aromatic nitrogens is 1. The van der Waals surface area contributed by atoms with Gasteiger partial charge in [-0.3, -0.25) is 4.79 Å². The normalized spacial score (nSPS) is 11.8. The highest BCUT2D eigenvalue weighted by Gasteiger charge is 2.20. The predicted molar refractivity (Wildman–Crippen MR) is 95.6 cm³/mol. The minimum atomic E-state index is -0.0730. The Labute approximate surface area is 145 Å². The first-order valence-electron chi connectivity index (χ1n) is 7.64. The van der Waals surface area contributed by atoms with Gasteiger partial charge in [-0.2, -0.15) is 0 Å². The van der Waals surface area contributed by atoms with E-state index >= 15 is 0 Å². The molecule has 3 aromatic rings. The molecule has 4 nitrogen and oxygen atoms in total. The summed E-state index contributed by atoms with van der Waals surface area (Å²) in [4.78, 5) is 18.7. The van der Waals surface area contributed by atoms with Gasteiger partial charge in [0.1, 0.15) is 16.5 Å². The maximum atomic E-state index is 12.7. The van der Waals surface area contributed by atoms with Gasteiger partial charge in [0.05, 0.1) is 6.04 Å². The number of thiazole rings is 1. The minimum Gasteiger partial charge on any atom is -0.457 e. The van der Waals surface area contributed by atoms with Crippen LogP contribution in [0.15, 0.2) is 66.2 Å². The average Bonchev–Trinajstić information content (AvgIpc) is 3.15. The number of ether oxygens (including phenoxy) is 1. The molecule has 0 fully saturated rings. The van der Waals surface area contributed by atoms with Crippen molar-refractivity contribution in [3.8, 4) is 11.5 Å². The van der Waals surface area contributed by atoms with Crippen molar-refractivity contribution in [3.63, 3.8) is 0 Å². The number of benzene rings is 2. The second-order valence-electron chi connectivity index (χ2n) is 5.41. The van der Waals surface area contributed by atoms with Crippen LogP contribution in [0.3, 0.4) is 0 Å². The maximum Gasteiger partial charge on any atom is 0.254 e. The Hall–Kier alpha value is -2.66. The fourth-order valence-corrected chi connectivity index (χ4v) is 3.04. The van der Waals surface area contributed by atoms with E-state index in [9.17, 15) is 4.79 Å². The molecule has 0 N–H and O–H groups in total. The van der Waals surface area contributed by atoms with E-state index < -0.39 is 0 Å². The van der Waals surface area contributed by atoms with Crippen molar-refractivity contribution in [1.29, 1.82) is 0 Å². The maximum absolute atomic E-state index is 12.7. The molecule has 0 aliphatic heterocycles. The van der Waals surface area contributed by atoms with E-state index in [0.717, 1.165) is 10.8 Å². The number of hydrogen-bond donors (Lipinski definition) is 0. The standard InChI is InChI=1S/C19H18N2O2S/c1-14(18-20-11-12-24-18)21(2)19(22)15-7-6-10-17(13-15)23-16-8-4-3-5-9-16/h3-14H,1-2H3/t14-/m0/s1. The van der Waals surface area contributed by atoms with Crippen LogP contribution in [0.25, 0.3) is 0 Å². The van der Waals surface area contributed by atoms with Crippen molar-refractivity contribution in [2.45, 2.75) is 13.0 Å². The van der Waals surface area contributed by atoms with E-state index in [4.69, 9.17) is 4.74 Å². The van der Waals surface area contributed by atoms with Crippen LogP contribution in [-0.4, -0.2) is 22.8 Å². The Bertz CT molecular complexity index is 803. The largest absolute Gasteiger partial charge is 0.457 e. The van der Waals surface area contributed by atoms with Gasteiger partial charge < -0.3 is 9.64 Å². The third-order valence-corrected chi connectivity index (χ3v) is 4.72. The highest BCUT2D eigenvalue weighted by molar-refractivity contribution is 7.09. The van der Waals surface area contributed by atoms with E-state index in [-0.39, 0.29) is 11.9 Å². The van der Waals surface area contributed by atoms with Crippen molar-refractivity contribution in [1.82, 2.24) is 9.88 Å². The van der Waals surface area contributed by atoms with Gasteiger partial charge in [-0.15, -0.1) is 11.3 Å². The Morgan fingerprint density at radius 2 is 1.88 bits per heavy atom. The van der Waals surface area contributed by atoms with Crippen LogP contribution in [0.2, 0.25) is 0 Å². The molecule has 1 aromatic heterocycles. The molecule has 1 heterocycles. The van der Waals surface area contributed by atoms with Gasteiger partial charge in [-0.25, -0.2) is 4.98 Å². The zero-order valence-corrected chi connectivity index (χ0v) is 14.4. The van der Waals surface area contributed by atoms with Crippen LogP contribution < -0.4 is 4.74 Å². The monoisotopic (exact) mass is 338 g/mol. The van der Waals surface area contributed by atoms with Crippen LogP contribution in [0, 0.1) is 0 Å². The van der Waals surface area contributed by atoms with Crippen molar-refractivity contribution < 1.29 is 9.53 Å². The number of rotatable bonds is 5. The second kappa shape index (κ2) is 7.27. The van der Waals surface area contributed by atoms with Crippen LogP contribution >= 0.6 is 11.3 Å². The Morgan fingerprint density at radius 1 is 1.12 bits per heavy atom. The van der Waals surface area contributed by atoms with Gasteiger partial charge in [-0.1, -0.05) is 24.3 Å². The number of para-hydroxylation sites is 1. The Kier molecular flexibility index (Phi) is 4.91. The van der Waals surface area contributed by atoms with Crippen LogP contribution in [0.1, 0.15) is 28.3 Å². The molecule has 24 heavy (non-hydrogen) atoms. The van der Waals surface area contributed by atoms with E-state index in [1.165, 1.54) is 0 Å². The first-order valence-corrected chi connectivity index (χ1v) is 8.52. The second-order valence-corrected chi connectivity index (χ2v) is 6.33. The summed E-state index contributed by atoms with van der Waals surface area (Å²) >= 11 is 1.55. The van der Waals surface area contributed by atoms with Gasteiger partial charge >= 0.3 is 0 Å². The predicted octanol–water partition coefficient (Wildman–Crippen LogP) is 4.77. The first kappa shape index (κ1) is 16.2. The van der Waals surface area contributed by atoms with E-state index in [0.29, 0.717) is 11.3 Å². The van der Waals surface area contributed by atoms with Crippen LogP contribution in [-0.2, 0) is 0 Å². The summed E-state index contributed by atoms with van der Waals surface area (Å²) in [5, 5.41) is 2.83. The third-order valence-electron chi connectivity index (χ3n) is 3.77. The summed E-state index contributed by atoms with van der Waals surface area (Å²) in [7, 11) is 1.79. The minimum absolute atomic E-state index is 0.0591. The highest BCUT2D eigenvalue weighted by atomic mass is 32.1. The molecule has 0 aliphatic rings. The Morgan fingerprint density at radius 3 is 2.58 bits per heavy atom. The molecule has 3 rings (SSSR count). The van der Waals surface area contributed by atoms with Gasteiger partial charge in [0.2, 0.25) is 0 Å². The number of hydrogen-bond acceptors (Lipinski definition) is 4. The molecule has 0 radical (unpaired) electrons. The number of carbonyl (C=O) groups excluding carboxylic acids is 1. The van der Waals surface area contributed by atoms with E-state index in [2.05, 4.69) is 4.98 Å². The molecule has 0 aliphatic carbocycles. The van der Waals surface area contributed by atoms with Crippen LogP contribution in [0.4, 0.5) is 0 Å².